The molecule has 0 aromatic carbocycles. The summed E-state index contributed by atoms with van der Waals surface area (Å²) in [6, 6.07) is 0. The van der Waals surface area contributed by atoms with Gasteiger partial charge in [-0.15, -0.1) is 0 Å². The molecule has 0 amide bonds. The zero-order chi connectivity index (χ0) is 107. The van der Waals surface area contributed by atoms with Gasteiger partial charge >= 0.3 is 0 Å². The first-order chi connectivity index (χ1) is 68.2. The normalized spacial score (nSPS) is 9.97. The maximum absolute atomic E-state index is 5.56. The second-order valence-electron chi connectivity index (χ2n) is 31.2. The Morgan fingerprint density at radius 3 is 0.636 bits per heavy atom. The van der Waals surface area contributed by atoms with Crippen molar-refractivity contribution in [2.45, 2.75) is 249 Å². The molecule has 143 heavy (non-hydrogen) atoms. The van der Waals surface area contributed by atoms with Gasteiger partial charge in [-0.25, -0.2) is 0 Å². The summed E-state index contributed by atoms with van der Waals surface area (Å²) < 4.78 is 0. The van der Waals surface area contributed by atoms with Gasteiger partial charge in [-0.1, -0.05) is 100 Å². The van der Waals surface area contributed by atoms with E-state index in [9.17, 15) is 0 Å². The van der Waals surface area contributed by atoms with Gasteiger partial charge in [0.1, 0.15) is 64.1 Å². The number of aromatic nitrogens is 33. The number of nitrogens with zero attached hydrogens (tertiary/aromatic N) is 37. The van der Waals surface area contributed by atoms with E-state index >= 15 is 0 Å². The highest BCUT2D eigenvalue weighted by Gasteiger charge is 2.13. The molecular weight excluding hydrogens is 1830 g/mol. The summed E-state index contributed by atoms with van der Waals surface area (Å²) in [7, 11) is 13.2. The van der Waals surface area contributed by atoms with Crippen molar-refractivity contribution in [3.05, 3.63) is 64.1 Å². The molecule has 0 spiro atoms. The molecule has 0 bridgehead atoms. The van der Waals surface area contributed by atoms with Crippen LogP contribution in [0.4, 0.5) is 131 Å². The second kappa shape index (κ2) is 73.8. The van der Waals surface area contributed by atoms with Crippen molar-refractivity contribution in [3.8, 4) is 0 Å². The predicted octanol–water partition coefficient (Wildman–Crippen LogP) is 9.46. The average molecular weight is 1990 g/mol. The van der Waals surface area contributed by atoms with Crippen LogP contribution in [0.5, 0.6) is 0 Å². The average Bonchev–Trinajstić information content (AvgIpc) is 0.869. The Balaban J connectivity index is 0.000000787. The van der Waals surface area contributed by atoms with Crippen molar-refractivity contribution in [1.29, 1.82) is 0 Å². The minimum absolute atomic E-state index is 0.258. The summed E-state index contributed by atoms with van der Waals surface area (Å²) in [5.74, 6) is 18.1. The lowest BCUT2D eigenvalue weighted by Crippen LogP contribution is -2.22. The highest BCUT2D eigenvalue weighted by molar-refractivity contribution is 5.41. The van der Waals surface area contributed by atoms with Gasteiger partial charge in [-0.05, 0) is 148 Å². The number of aryl methyl sites for hydroxylation is 11. The number of hydrogen-bond donors (Lipinski definition) is 18. The first-order valence-corrected chi connectivity index (χ1v) is 48.3. The monoisotopic (exact) mass is 1990 g/mol. The molecule has 0 atom stereocenters. The van der Waals surface area contributed by atoms with Crippen LogP contribution in [0.2, 0.25) is 0 Å². The Hall–Kier alpha value is -15.3. The van der Waals surface area contributed by atoms with Crippen molar-refractivity contribution >= 4 is 131 Å². The van der Waals surface area contributed by atoms with Crippen LogP contribution in [0, 0.1) is 76.2 Å². The predicted molar refractivity (Wildman–Crippen MR) is 578 cm³/mol. The van der Waals surface area contributed by atoms with Crippen molar-refractivity contribution in [2.75, 3.05) is 240 Å². The van der Waals surface area contributed by atoms with Crippen molar-refractivity contribution < 1.29 is 0 Å². The minimum Gasteiger partial charge on any atom is -0.368 e. The number of nitrogens with one attached hydrogen (secondary N) is 10. The molecule has 11 heterocycles. The third-order valence-electron chi connectivity index (χ3n) is 17.8. The van der Waals surface area contributed by atoms with E-state index in [2.05, 4.69) is 273 Å². The van der Waals surface area contributed by atoms with Gasteiger partial charge < -0.3 is 119 Å². The maximum atomic E-state index is 5.56. The van der Waals surface area contributed by atoms with Gasteiger partial charge in [0.25, 0.3) is 0 Å². The summed E-state index contributed by atoms with van der Waals surface area (Å²) in [5.41, 5.74) is 43.8. The van der Waals surface area contributed by atoms with Crippen molar-refractivity contribution in [1.82, 2.24) is 164 Å². The summed E-state index contributed by atoms with van der Waals surface area (Å²) in [5, 5.41) is 30.1. The molecule has 11 aromatic heterocycles. The molecule has 0 fully saturated rings. The molecule has 0 saturated carbocycles. The van der Waals surface area contributed by atoms with E-state index in [1.807, 2.05) is 103 Å². The number of nitrogens with two attached hydrogens (primary N) is 8. The summed E-state index contributed by atoms with van der Waals surface area (Å²) in [6.07, 6.45) is 17.1. The van der Waals surface area contributed by atoms with E-state index in [1.165, 1.54) is 25.7 Å². The molecule has 0 unspecified atom stereocenters. The van der Waals surface area contributed by atoms with Gasteiger partial charge in [-0.2, -0.15) is 164 Å². The molecule has 0 saturated heterocycles. The van der Waals surface area contributed by atoms with Crippen molar-refractivity contribution in [2.24, 2.45) is 0 Å². The van der Waals surface area contributed by atoms with Gasteiger partial charge in [0.05, 0.1) is 0 Å². The molecule has 0 aliphatic carbocycles. The Labute approximate surface area is 844 Å². The molecule has 0 aliphatic heterocycles. The van der Waals surface area contributed by atoms with E-state index in [0.717, 1.165) is 154 Å². The molecule has 0 aliphatic rings. The zero-order valence-corrected chi connectivity index (χ0v) is 90.1. The Bertz CT molecular complexity index is 5110. The molecule has 55 nitrogen and oxygen atoms in total. The first kappa shape index (κ1) is 126. The van der Waals surface area contributed by atoms with E-state index in [0.29, 0.717) is 142 Å². The SMILES string of the molecule is CCCCCN(C)c1nc(C)nc(N)n1.CCCCCNc1nc(C)nc(N)n1.CCCCN(C)c1nc(C)nc(N)n1.CCCCNc1nc(C)nc(N)n1.CCCCNc1nc(C)nc(NC)n1.CCCN(C)c1nc(C)nc(N)n1.CCCNc1nc(C)nc(N)n1.CCCNc1nc(C)nc(NC)n1.CCN(C)c1nc(C)nc(N)n1.CCNc1nc(C)nc(N)n1.CCNc1nc(C)nc(NC)n1. The fourth-order valence-corrected chi connectivity index (χ4v) is 10.9. The summed E-state index contributed by atoms with van der Waals surface area (Å²) in [6.45, 7) is 52.7. The Morgan fingerprint density at radius 2 is 0.392 bits per heavy atom. The number of rotatable bonds is 40. The number of nitrogen functional groups attached to an aromatic ring is 8. The molecular formula is C88H165N55. The second-order valence-corrected chi connectivity index (χ2v) is 31.2. The van der Waals surface area contributed by atoms with Crippen LogP contribution in [-0.2, 0) is 0 Å². The number of unbranched alkanes of at least 4 members (excludes halogenated alkanes) is 7. The molecule has 11 rings (SSSR count). The van der Waals surface area contributed by atoms with Crippen LogP contribution in [0.25, 0.3) is 0 Å². The van der Waals surface area contributed by atoms with E-state index < -0.39 is 0 Å². The molecule has 26 N–H and O–H groups in total. The number of hydrogen-bond acceptors (Lipinski definition) is 55. The number of anilines is 22. The Morgan fingerprint density at radius 1 is 0.182 bits per heavy atom. The minimum atomic E-state index is 0.258. The summed E-state index contributed by atoms with van der Waals surface area (Å²) >= 11 is 0. The van der Waals surface area contributed by atoms with Crippen LogP contribution < -0.4 is 119 Å². The molecule has 0 radical (unpaired) electrons. The third kappa shape index (κ3) is 59.0. The van der Waals surface area contributed by atoms with E-state index in [1.54, 1.807) is 62.7 Å². The lowest BCUT2D eigenvalue weighted by Gasteiger charge is -2.16. The fourth-order valence-electron chi connectivity index (χ4n) is 10.9. The standard InChI is InChI=1S/C10H19N5.3C9H17N5.3C8H15N5.3C7H13N5.C6H11N5/c1-4-5-6-7-15(3)10-13-8(2)12-9(11)14-10;1-4-5-6-14(3)9-12-7(2)11-8(10)13-9;1-4-5-6-11-9-13-7(2)12-8(10-3)14-9;1-3-4-5-6-11-9-13-7(2)12-8(10)14-9;1-4-5-13(3)8-11-6(2)10-7(9)12-8;1-4-5-10-8-12-6(2)11-7(9-3)13-8;1-3-4-5-10-8-12-6(2)11-7(9)13-8;1-4-12(3)7-10-5(2)9-6(8)11-7;1-4-9-7-11-5(2)10-6(8-3)12-7;1-3-4-9-7-11-5(2)10-6(8)12-7;1-3-8-6-10-4(2)9-5(7)11-6/h4-7H2,1-3H3,(H2,11,12,13,14);4-6H2,1-3H3,(H2,10,11,12,13);4-6H2,1-3H3,(H2,10,11,12,13,14);3-6H2,1-2H3,(H3,10,11,12,13,14);4-5H2,1-3H3,(H2,9,10,11,12);4-5H2,1-3H3,(H2,9,10,11,12,13);3-5H2,1-2H3,(H3,9,10,11,12,13);4H2,1-3H3,(H2,8,9,10,11);4H2,1-3H3,(H2,8,9,10,11,12);3-4H2,1-2H3,(H3,8,9,10,11,12);3H2,1-2H3,(H3,7,8,9,10,11). The van der Waals surface area contributed by atoms with Crippen LogP contribution in [0.15, 0.2) is 0 Å². The topological polar surface area (TPSA) is 767 Å². The van der Waals surface area contributed by atoms with Crippen LogP contribution in [0.1, 0.15) is 237 Å². The summed E-state index contributed by atoms with van der Waals surface area (Å²) in [4.78, 5) is 141. The third-order valence-corrected chi connectivity index (χ3v) is 17.8. The largest absolute Gasteiger partial charge is 0.368 e. The smallest absolute Gasteiger partial charge is 0.230 e. The van der Waals surface area contributed by atoms with Crippen molar-refractivity contribution in [3.63, 3.8) is 0 Å². The van der Waals surface area contributed by atoms with Crippen LogP contribution in [0.3, 0.4) is 0 Å². The van der Waals surface area contributed by atoms with Crippen LogP contribution >= 0.6 is 0 Å². The first-order valence-electron chi connectivity index (χ1n) is 48.3. The lowest BCUT2D eigenvalue weighted by atomic mass is 10.2. The highest BCUT2D eigenvalue weighted by Crippen LogP contribution is 2.15. The van der Waals surface area contributed by atoms with Crippen LogP contribution in [-0.4, -0.2) is 286 Å². The highest BCUT2D eigenvalue weighted by atomic mass is 15.3. The molecule has 11 aromatic rings. The van der Waals surface area contributed by atoms with E-state index in [4.69, 9.17) is 45.9 Å². The fraction of sp³-hybridized carbons (Fsp3) is 0.625. The lowest BCUT2D eigenvalue weighted by molar-refractivity contribution is 0.694. The van der Waals surface area contributed by atoms with E-state index in [-0.39, 0.29) is 41.6 Å². The van der Waals surface area contributed by atoms with Gasteiger partial charge in [0.2, 0.25) is 131 Å². The van der Waals surface area contributed by atoms with Gasteiger partial charge in [0, 0.05) is 121 Å². The Kier molecular flexibility index (Phi) is 64.9. The maximum Gasteiger partial charge on any atom is 0.230 e. The zero-order valence-electron chi connectivity index (χ0n) is 90.1. The molecule has 792 valence electrons. The molecule has 55 heteroatoms. The quantitative estimate of drug-likeness (QED) is 0.0159. The van der Waals surface area contributed by atoms with Gasteiger partial charge in [-0.3, -0.25) is 0 Å². The van der Waals surface area contributed by atoms with Gasteiger partial charge in [0.15, 0.2) is 0 Å².